The number of ketones is 1. The number of benzene rings is 1. The summed E-state index contributed by atoms with van der Waals surface area (Å²) in [6.07, 6.45) is 1.30. The zero-order chi connectivity index (χ0) is 15.7. The number of rotatable bonds is 3. The molecule has 112 valence electrons. The topological polar surface area (TPSA) is 50.3 Å². The molecule has 0 atom stereocenters. The number of aryl methyl sites for hydroxylation is 1. The first-order chi connectivity index (χ1) is 10.6. The van der Waals surface area contributed by atoms with Gasteiger partial charge in [0.1, 0.15) is 5.82 Å². The van der Waals surface area contributed by atoms with Gasteiger partial charge in [-0.15, -0.1) is 0 Å². The highest BCUT2D eigenvalue weighted by atomic mass is 35.5. The molecule has 0 N–H and O–H groups in total. The predicted molar refractivity (Wildman–Crippen MR) is 85.4 cm³/mol. The zero-order valence-electron chi connectivity index (χ0n) is 12.2. The summed E-state index contributed by atoms with van der Waals surface area (Å²) in [6, 6.07) is 10.2. The molecule has 1 aromatic carbocycles. The van der Waals surface area contributed by atoms with Gasteiger partial charge >= 0.3 is 0 Å². The third kappa shape index (κ3) is 2.74. The Kier molecular flexibility index (Phi) is 3.94. The Hall–Kier alpha value is -2.20. The summed E-state index contributed by atoms with van der Waals surface area (Å²) >= 11 is 5.86. The minimum absolute atomic E-state index is 0.0169. The Morgan fingerprint density at radius 2 is 1.91 bits per heavy atom. The van der Waals surface area contributed by atoms with Crippen LogP contribution < -0.4 is 4.90 Å². The molecule has 0 unspecified atom stereocenters. The fraction of sp³-hybridized carbons (Fsp3) is 0.235. The molecule has 1 aromatic heterocycles. The normalized spacial score (nSPS) is 14.5. The standard InChI is InChI=1S/C17H15ClN2O2/c1-11-4-9-14(16(22)12-5-7-13(18)8-6-12)17(19-11)20-10-2-3-15(20)21/h4-9H,2-3,10H2,1H3. The van der Waals surface area contributed by atoms with Gasteiger partial charge in [0.2, 0.25) is 5.91 Å². The lowest BCUT2D eigenvalue weighted by molar-refractivity contribution is -0.117. The van der Waals surface area contributed by atoms with Crippen LogP contribution in [0.25, 0.3) is 0 Å². The lowest BCUT2D eigenvalue weighted by Gasteiger charge is -2.18. The van der Waals surface area contributed by atoms with Gasteiger partial charge in [0, 0.05) is 29.2 Å². The summed E-state index contributed by atoms with van der Waals surface area (Å²) in [6.45, 7) is 2.46. The SMILES string of the molecule is Cc1ccc(C(=O)c2ccc(Cl)cc2)c(N2CCCC2=O)n1. The van der Waals surface area contributed by atoms with E-state index in [1.165, 1.54) is 0 Å². The molecule has 0 bridgehead atoms. The van der Waals surface area contributed by atoms with Gasteiger partial charge in [0.05, 0.1) is 5.56 Å². The molecule has 1 amide bonds. The molecular weight excluding hydrogens is 300 g/mol. The smallest absolute Gasteiger partial charge is 0.228 e. The maximum absolute atomic E-state index is 12.7. The Labute approximate surface area is 133 Å². The van der Waals surface area contributed by atoms with Crippen molar-refractivity contribution >= 4 is 29.1 Å². The highest BCUT2D eigenvalue weighted by Crippen LogP contribution is 2.26. The third-order valence-corrected chi connectivity index (χ3v) is 3.95. The molecule has 0 radical (unpaired) electrons. The number of carbonyl (C=O) groups is 2. The summed E-state index contributed by atoms with van der Waals surface area (Å²) in [5.41, 5.74) is 1.76. The maximum atomic E-state index is 12.7. The fourth-order valence-electron chi connectivity index (χ4n) is 2.55. The van der Waals surface area contributed by atoms with Gasteiger partial charge in [0.15, 0.2) is 5.78 Å². The van der Waals surface area contributed by atoms with Crippen molar-refractivity contribution in [2.45, 2.75) is 19.8 Å². The van der Waals surface area contributed by atoms with Crippen LogP contribution in [0.15, 0.2) is 36.4 Å². The number of halogens is 1. The summed E-state index contributed by atoms with van der Waals surface area (Å²) in [7, 11) is 0. The minimum atomic E-state index is -0.154. The van der Waals surface area contributed by atoms with Gasteiger partial charge in [-0.25, -0.2) is 4.98 Å². The molecule has 1 aliphatic heterocycles. The van der Waals surface area contributed by atoms with E-state index in [1.54, 1.807) is 41.3 Å². The highest BCUT2D eigenvalue weighted by molar-refractivity contribution is 6.30. The van der Waals surface area contributed by atoms with Crippen molar-refractivity contribution in [3.05, 3.63) is 58.2 Å². The van der Waals surface area contributed by atoms with Crippen molar-refractivity contribution in [1.29, 1.82) is 0 Å². The number of anilines is 1. The maximum Gasteiger partial charge on any atom is 0.228 e. The molecule has 0 spiro atoms. The average Bonchev–Trinajstić information content (AvgIpc) is 2.93. The second-order valence-electron chi connectivity index (χ2n) is 5.31. The van der Waals surface area contributed by atoms with Crippen LogP contribution in [0.2, 0.25) is 5.02 Å². The molecule has 1 saturated heterocycles. The first-order valence-electron chi connectivity index (χ1n) is 7.14. The lowest BCUT2D eigenvalue weighted by atomic mass is 10.0. The van der Waals surface area contributed by atoms with Crippen molar-refractivity contribution in [1.82, 2.24) is 4.98 Å². The van der Waals surface area contributed by atoms with Crippen LogP contribution in [-0.4, -0.2) is 23.2 Å². The van der Waals surface area contributed by atoms with Gasteiger partial charge in [-0.05, 0) is 49.7 Å². The van der Waals surface area contributed by atoms with Gasteiger partial charge in [-0.2, -0.15) is 0 Å². The Bertz CT molecular complexity index is 741. The first-order valence-corrected chi connectivity index (χ1v) is 7.52. The van der Waals surface area contributed by atoms with E-state index >= 15 is 0 Å². The van der Waals surface area contributed by atoms with Crippen LogP contribution in [0.4, 0.5) is 5.82 Å². The molecule has 1 fully saturated rings. The fourth-order valence-corrected chi connectivity index (χ4v) is 2.68. The monoisotopic (exact) mass is 314 g/mol. The van der Waals surface area contributed by atoms with Crippen molar-refractivity contribution in [3.63, 3.8) is 0 Å². The lowest BCUT2D eigenvalue weighted by Crippen LogP contribution is -2.27. The van der Waals surface area contributed by atoms with E-state index in [9.17, 15) is 9.59 Å². The molecular formula is C17H15ClN2O2. The van der Waals surface area contributed by atoms with Gasteiger partial charge in [-0.3, -0.25) is 14.5 Å². The molecule has 22 heavy (non-hydrogen) atoms. The summed E-state index contributed by atoms with van der Waals surface area (Å²) in [5, 5.41) is 0.577. The molecule has 0 aliphatic carbocycles. The zero-order valence-corrected chi connectivity index (χ0v) is 12.9. The number of aromatic nitrogens is 1. The Balaban J connectivity index is 2.04. The average molecular weight is 315 g/mol. The number of hydrogen-bond donors (Lipinski definition) is 0. The second-order valence-corrected chi connectivity index (χ2v) is 5.75. The van der Waals surface area contributed by atoms with E-state index in [0.29, 0.717) is 34.9 Å². The molecule has 2 aromatic rings. The van der Waals surface area contributed by atoms with Crippen LogP contribution in [0.1, 0.15) is 34.5 Å². The van der Waals surface area contributed by atoms with Crippen LogP contribution >= 0.6 is 11.6 Å². The third-order valence-electron chi connectivity index (χ3n) is 3.69. The van der Waals surface area contributed by atoms with E-state index in [1.807, 2.05) is 6.92 Å². The number of pyridine rings is 1. The Morgan fingerprint density at radius 1 is 1.18 bits per heavy atom. The number of hydrogen-bond acceptors (Lipinski definition) is 3. The van der Waals surface area contributed by atoms with Crippen molar-refractivity contribution in [3.8, 4) is 0 Å². The summed E-state index contributed by atoms with van der Waals surface area (Å²) in [5.74, 6) is 0.324. The van der Waals surface area contributed by atoms with Crippen molar-refractivity contribution < 1.29 is 9.59 Å². The number of nitrogens with zero attached hydrogens (tertiary/aromatic N) is 2. The van der Waals surface area contributed by atoms with Crippen LogP contribution in [0, 0.1) is 6.92 Å². The molecule has 3 rings (SSSR count). The van der Waals surface area contributed by atoms with E-state index in [4.69, 9.17) is 11.6 Å². The highest BCUT2D eigenvalue weighted by Gasteiger charge is 2.27. The van der Waals surface area contributed by atoms with Gasteiger partial charge in [-0.1, -0.05) is 11.6 Å². The molecule has 4 nitrogen and oxygen atoms in total. The molecule has 0 saturated carbocycles. The minimum Gasteiger partial charge on any atom is -0.296 e. The summed E-state index contributed by atoms with van der Waals surface area (Å²) in [4.78, 5) is 30.8. The van der Waals surface area contributed by atoms with Crippen LogP contribution in [-0.2, 0) is 4.79 Å². The largest absolute Gasteiger partial charge is 0.296 e. The van der Waals surface area contributed by atoms with Crippen LogP contribution in [0.3, 0.4) is 0 Å². The molecule has 5 heteroatoms. The van der Waals surface area contributed by atoms with E-state index < -0.39 is 0 Å². The van der Waals surface area contributed by atoms with Gasteiger partial charge in [0.25, 0.3) is 0 Å². The molecule has 1 aliphatic rings. The second kappa shape index (κ2) is 5.89. The van der Waals surface area contributed by atoms with Crippen molar-refractivity contribution in [2.75, 3.05) is 11.4 Å². The molecule has 2 heterocycles. The quantitative estimate of drug-likeness (QED) is 0.816. The van der Waals surface area contributed by atoms with E-state index in [2.05, 4.69) is 4.98 Å². The van der Waals surface area contributed by atoms with Crippen molar-refractivity contribution in [2.24, 2.45) is 0 Å². The number of amides is 1. The predicted octanol–water partition coefficient (Wildman–Crippen LogP) is 3.40. The van der Waals surface area contributed by atoms with Gasteiger partial charge < -0.3 is 0 Å². The Morgan fingerprint density at radius 3 is 2.55 bits per heavy atom. The first kappa shape index (κ1) is 14.7. The van der Waals surface area contributed by atoms with E-state index in [0.717, 1.165) is 12.1 Å². The van der Waals surface area contributed by atoms with Crippen LogP contribution in [0.5, 0.6) is 0 Å². The van der Waals surface area contributed by atoms with E-state index in [-0.39, 0.29) is 11.7 Å². The summed E-state index contributed by atoms with van der Waals surface area (Å²) < 4.78 is 0. The number of carbonyl (C=O) groups excluding carboxylic acids is 2.